The Balaban J connectivity index is 1.85. The molecular formula is C19H28O2. The molecule has 0 amide bonds. The highest BCUT2D eigenvalue weighted by atomic mass is 16.5. The van der Waals surface area contributed by atoms with Crippen LogP contribution in [-0.2, 0) is 12.0 Å². The van der Waals surface area contributed by atoms with Crippen LogP contribution in [0.15, 0.2) is 18.2 Å². The van der Waals surface area contributed by atoms with E-state index in [1.54, 1.807) is 0 Å². The first-order valence-electron chi connectivity index (χ1n) is 8.70. The Morgan fingerprint density at radius 3 is 3.00 bits per heavy atom. The summed E-state index contributed by atoms with van der Waals surface area (Å²) in [5.41, 5.74) is 1.66. The summed E-state index contributed by atoms with van der Waals surface area (Å²) < 4.78 is 5.93. The van der Waals surface area contributed by atoms with Gasteiger partial charge in [0.15, 0.2) is 0 Å². The Labute approximate surface area is 128 Å². The number of aliphatic hydroxyl groups is 1. The van der Waals surface area contributed by atoms with Crippen molar-refractivity contribution in [2.75, 3.05) is 6.61 Å². The van der Waals surface area contributed by atoms with Gasteiger partial charge in [0.1, 0.15) is 5.75 Å². The first-order chi connectivity index (χ1) is 10.2. The van der Waals surface area contributed by atoms with Gasteiger partial charge in [-0.3, -0.25) is 0 Å². The molecule has 1 saturated carbocycles. The zero-order valence-electron chi connectivity index (χ0n) is 13.2. The summed E-state index contributed by atoms with van der Waals surface area (Å²) in [6, 6.07) is 6.33. The van der Waals surface area contributed by atoms with Gasteiger partial charge in [-0.1, -0.05) is 44.4 Å². The summed E-state index contributed by atoms with van der Waals surface area (Å²) >= 11 is 0. The number of fused-ring (bicyclic) bond motifs is 1. The van der Waals surface area contributed by atoms with Gasteiger partial charge in [-0.2, -0.15) is 0 Å². The molecule has 1 heterocycles. The maximum atomic E-state index is 11.3. The standard InChI is InChI=1S/C19H28O2/c1-2-6-15-7-4-12-19(20,13-11-15)17-10-3-8-16-9-5-14-21-18(16)17/h3,8,10,15,20H,2,4-7,9,11-14H2,1H3. The number of hydrogen-bond donors (Lipinski definition) is 1. The molecule has 0 spiro atoms. The zero-order chi connectivity index (χ0) is 14.7. The average Bonchev–Trinajstić information content (AvgIpc) is 2.70. The Morgan fingerprint density at radius 1 is 1.24 bits per heavy atom. The Bertz CT molecular complexity index is 482. The van der Waals surface area contributed by atoms with E-state index in [4.69, 9.17) is 4.74 Å². The van der Waals surface area contributed by atoms with E-state index in [9.17, 15) is 5.11 Å². The topological polar surface area (TPSA) is 29.5 Å². The van der Waals surface area contributed by atoms with Crippen LogP contribution in [-0.4, -0.2) is 11.7 Å². The van der Waals surface area contributed by atoms with E-state index in [0.29, 0.717) is 0 Å². The molecule has 1 aromatic carbocycles. The van der Waals surface area contributed by atoms with Gasteiger partial charge in [0.25, 0.3) is 0 Å². The van der Waals surface area contributed by atoms with E-state index in [2.05, 4.69) is 25.1 Å². The normalized spacial score (nSPS) is 29.3. The SMILES string of the molecule is CCCC1CCCC(O)(c2cccc3c2OCCC3)CC1. The largest absolute Gasteiger partial charge is 0.493 e. The number of ether oxygens (including phenoxy) is 1. The van der Waals surface area contributed by atoms with Crippen molar-refractivity contribution in [2.24, 2.45) is 5.92 Å². The van der Waals surface area contributed by atoms with Crippen LogP contribution in [0.2, 0.25) is 0 Å². The smallest absolute Gasteiger partial charge is 0.128 e. The second-order valence-electron chi connectivity index (χ2n) is 6.86. The van der Waals surface area contributed by atoms with Crippen LogP contribution in [0, 0.1) is 5.92 Å². The molecule has 1 aromatic rings. The third-order valence-electron chi connectivity index (χ3n) is 5.30. The van der Waals surface area contributed by atoms with Gasteiger partial charge in [-0.25, -0.2) is 0 Å². The highest BCUT2D eigenvalue weighted by Gasteiger charge is 2.35. The second-order valence-corrected chi connectivity index (χ2v) is 6.86. The van der Waals surface area contributed by atoms with Crippen molar-refractivity contribution in [2.45, 2.75) is 70.3 Å². The molecule has 2 atom stereocenters. The molecule has 0 radical (unpaired) electrons. The molecule has 1 fully saturated rings. The van der Waals surface area contributed by atoms with Gasteiger partial charge in [-0.05, 0) is 50.0 Å². The molecule has 1 aliphatic carbocycles. The molecule has 116 valence electrons. The fraction of sp³-hybridized carbons (Fsp3) is 0.684. The van der Waals surface area contributed by atoms with Crippen LogP contribution < -0.4 is 4.74 Å². The summed E-state index contributed by atoms with van der Waals surface area (Å²) in [7, 11) is 0. The molecule has 3 rings (SSSR count). The van der Waals surface area contributed by atoms with E-state index in [-0.39, 0.29) is 0 Å². The van der Waals surface area contributed by atoms with Crippen molar-refractivity contribution in [3.8, 4) is 5.75 Å². The van der Waals surface area contributed by atoms with E-state index < -0.39 is 5.60 Å². The lowest BCUT2D eigenvalue weighted by Crippen LogP contribution is -2.27. The number of aryl methyl sites for hydroxylation is 1. The highest BCUT2D eigenvalue weighted by molar-refractivity contribution is 5.46. The van der Waals surface area contributed by atoms with Crippen molar-refractivity contribution < 1.29 is 9.84 Å². The minimum absolute atomic E-state index is 0.675. The Kier molecular flexibility index (Phi) is 4.54. The second kappa shape index (κ2) is 6.39. The minimum Gasteiger partial charge on any atom is -0.493 e. The monoisotopic (exact) mass is 288 g/mol. The van der Waals surface area contributed by atoms with Crippen LogP contribution >= 0.6 is 0 Å². The van der Waals surface area contributed by atoms with Crippen molar-refractivity contribution >= 4 is 0 Å². The fourth-order valence-corrected chi connectivity index (χ4v) is 4.12. The lowest BCUT2D eigenvalue weighted by molar-refractivity contribution is 0.0163. The van der Waals surface area contributed by atoms with Crippen LogP contribution in [0.3, 0.4) is 0 Å². The Morgan fingerprint density at radius 2 is 2.14 bits per heavy atom. The lowest BCUT2D eigenvalue weighted by atomic mass is 9.83. The van der Waals surface area contributed by atoms with Gasteiger partial charge < -0.3 is 9.84 Å². The number of rotatable bonds is 3. The summed E-state index contributed by atoms with van der Waals surface area (Å²) in [4.78, 5) is 0. The van der Waals surface area contributed by atoms with E-state index in [0.717, 1.165) is 62.4 Å². The average molecular weight is 288 g/mol. The third kappa shape index (κ3) is 3.11. The zero-order valence-corrected chi connectivity index (χ0v) is 13.2. The number of hydrogen-bond acceptors (Lipinski definition) is 2. The summed E-state index contributed by atoms with van der Waals surface area (Å²) in [6.07, 6.45) is 10.0. The molecule has 2 aliphatic rings. The molecule has 21 heavy (non-hydrogen) atoms. The Hall–Kier alpha value is -1.02. The van der Waals surface area contributed by atoms with Gasteiger partial charge in [0.05, 0.1) is 12.2 Å². The minimum atomic E-state index is -0.675. The van der Waals surface area contributed by atoms with Crippen LogP contribution in [0.4, 0.5) is 0 Å². The fourth-order valence-electron chi connectivity index (χ4n) is 4.12. The quantitative estimate of drug-likeness (QED) is 0.825. The molecule has 1 aliphatic heterocycles. The van der Waals surface area contributed by atoms with Crippen LogP contribution in [0.5, 0.6) is 5.75 Å². The predicted octanol–water partition coefficient (Wildman–Crippen LogP) is 4.58. The van der Waals surface area contributed by atoms with Crippen molar-refractivity contribution in [1.29, 1.82) is 0 Å². The van der Waals surface area contributed by atoms with Crippen LogP contribution in [0.25, 0.3) is 0 Å². The van der Waals surface area contributed by atoms with Gasteiger partial charge in [-0.15, -0.1) is 0 Å². The number of para-hydroxylation sites is 1. The molecule has 0 saturated heterocycles. The van der Waals surface area contributed by atoms with Gasteiger partial charge in [0.2, 0.25) is 0 Å². The van der Waals surface area contributed by atoms with E-state index >= 15 is 0 Å². The van der Waals surface area contributed by atoms with Crippen molar-refractivity contribution in [3.63, 3.8) is 0 Å². The first kappa shape index (κ1) is 14.9. The maximum absolute atomic E-state index is 11.3. The molecule has 0 aromatic heterocycles. The summed E-state index contributed by atoms with van der Waals surface area (Å²) in [6.45, 7) is 3.05. The predicted molar refractivity (Wildman–Crippen MR) is 85.6 cm³/mol. The van der Waals surface area contributed by atoms with Crippen molar-refractivity contribution in [3.05, 3.63) is 29.3 Å². The molecule has 1 N–H and O–H groups in total. The van der Waals surface area contributed by atoms with Gasteiger partial charge >= 0.3 is 0 Å². The highest BCUT2D eigenvalue weighted by Crippen LogP contribution is 2.44. The third-order valence-corrected chi connectivity index (χ3v) is 5.30. The van der Waals surface area contributed by atoms with Crippen LogP contribution in [0.1, 0.15) is 69.4 Å². The van der Waals surface area contributed by atoms with E-state index in [1.165, 1.54) is 24.8 Å². The van der Waals surface area contributed by atoms with Gasteiger partial charge in [0, 0.05) is 5.56 Å². The summed E-state index contributed by atoms with van der Waals surface area (Å²) in [5, 5.41) is 11.3. The maximum Gasteiger partial charge on any atom is 0.128 e. The molecule has 0 bridgehead atoms. The van der Waals surface area contributed by atoms with E-state index in [1.807, 2.05) is 0 Å². The first-order valence-corrected chi connectivity index (χ1v) is 8.70. The molecule has 2 heteroatoms. The summed E-state index contributed by atoms with van der Waals surface area (Å²) in [5.74, 6) is 1.78. The molecule has 2 nitrogen and oxygen atoms in total. The molecule has 2 unspecified atom stereocenters. The van der Waals surface area contributed by atoms with Crippen molar-refractivity contribution in [1.82, 2.24) is 0 Å². The lowest BCUT2D eigenvalue weighted by Gasteiger charge is -2.31. The molecular weight excluding hydrogens is 260 g/mol. The number of benzene rings is 1.